The highest BCUT2D eigenvalue weighted by Crippen LogP contribution is 2.61. The Balaban J connectivity index is 1.30. The maximum absolute atomic E-state index is 14.1. The third-order valence-electron chi connectivity index (χ3n) is 7.84. The van der Waals surface area contributed by atoms with Crippen LogP contribution in [0.5, 0.6) is 5.75 Å². The molecule has 5 nitrogen and oxygen atoms in total. The Kier molecular flexibility index (Phi) is 4.95. The maximum atomic E-state index is 14.1. The van der Waals surface area contributed by atoms with Gasteiger partial charge in [0.2, 0.25) is 11.8 Å². The molecule has 4 aromatic rings. The first-order valence-corrected chi connectivity index (χ1v) is 13.0. The van der Waals surface area contributed by atoms with Gasteiger partial charge in [-0.1, -0.05) is 76.6 Å². The number of halogens is 1. The van der Waals surface area contributed by atoms with Gasteiger partial charge in [-0.2, -0.15) is 0 Å². The molecule has 2 bridgehead atoms. The van der Waals surface area contributed by atoms with Crippen molar-refractivity contribution < 1.29 is 19.1 Å². The van der Waals surface area contributed by atoms with Gasteiger partial charge in [-0.15, -0.1) is 0 Å². The second kappa shape index (κ2) is 8.25. The molecule has 37 heavy (non-hydrogen) atoms. The van der Waals surface area contributed by atoms with E-state index in [-0.39, 0.29) is 29.4 Å². The predicted molar refractivity (Wildman–Crippen MR) is 142 cm³/mol. The second-order valence-corrected chi connectivity index (χ2v) is 10.6. The molecule has 1 saturated heterocycles. The molecule has 1 heterocycles. The molecule has 2 atom stereocenters. The van der Waals surface area contributed by atoms with Crippen molar-refractivity contribution >= 4 is 39.4 Å². The molecule has 0 spiro atoms. The molecule has 3 aliphatic carbocycles. The Morgan fingerprint density at radius 1 is 0.649 bits per heavy atom. The number of hydrogen-bond donors (Lipinski definition) is 0. The second-order valence-electron chi connectivity index (χ2n) is 9.64. The van der Waals surface area contributed by atoms with Crippen LogP contribution in [0.15, 0.2) is 102 Å². The summed E-state index contributed by atoms with van der Waals surface area (Å²) in [5.41, 5.74) is 5.13. The highest BCUT2D eigenvalue weighted by molar-refractivity contribution is 9.10. The van der Waals surface area contributed by atoms with Crippen molar-refractivity contribution in [1.82, 2.24) is 0 Å². The van der Waals surface area contributed by atoms with E-state index in [1.807, 2.05) is 24.3 Å². The van der Waals surface area contributed by atoms with Crippen LogP contribution in [0.4, 0.5) is 5.69 Å². The summed E-state index contributed by atoms with van der Waals surface area (Å²) in [6.45, 7) is 0. The number of anilines is 1. The molecule has 6 heteroatoms. The molecule has 4 aliphatic rings. The fourth-order valence-electron chi connectivity index (χ4n) is 6.39. The molecule has 1 aliphatic heterocycles. The first-order chi connectivity index (χ1) is 18.0. The minimum absolute atomic E-state index is 0.179. The Morgan fingerprint density at radius 3 is 1.62 bits per heavy atom. The fourth-order valence-corrected chi connectivity index (χ4v) is 6.65. The first-order valence-electron chi connectivity index (χ1n) is 12.2. The number of imide groups is 1. The Morgan fingerprint density at radius 2 is 1.11 bits per heavy atom. The van der Waals surface area contributed by atoms with E-state index < -0.39 is 17.8 Å². The number of esters is 1. The zero-order valence-electron chi connectivity index (χ0n) is 19.5. The SMILES string of the molecule is O=C(Oc1ccccc1N1C(=O)C2C3c4ccccc4C(c4ccccc43)C2C1=O)c1ccc(Br)cc1. The summed E-state index contributed by atoms with van der Waals surface area (Å²) in [7, 11) is 0. The van der Waals surface area contributed by atoms with Crippen LogP contribution in [-0.2, 0) is 9.59 Å². The van der Waals surface area contributed by atoms with E-state index >= 15 is 0 Å². The average molecular weight is 550 g/mol. The van der Waals surface area contributed by atoms with E-state index in [2.05, 4.69) is 40.2 Å². The van der Waals surface area contributed by atoms with Crippen molar-refractivity contribution in [3.8, 4) is 5.75 Å². The molecule has 1 fully saturated rings. The van der Waals surface area contributed by atoms with Crippen LogP contribution < -0.4 is 9.64 Å². The zero-order chi connectivity index (χ0) is 25.3. The highest BCUT2D eigenvalue weighted by Gasteiger charge is 2.62. The van der Waals surface area contributed by atoms with Crippen molar-refractivity contribution in [3.63, 3.8) is 0 Å². The number of nitrogens with zero attached hydrogens (tertiary/aromatic N) is 1. The smallest absolute Gasteiger partial charge is 0.343 e. The van der Waals surface area contributed by atoms with Gasteiger partial charge in [0.15, 0.2) is 5.75 Å². The van der Waals surface area contributed by atoms with Crippen molar-refractivity contribution in [2.45, 2.75) is 11.8 Å². The zero-order valence-corrected chi connectivity index (χ0v) is 21.1. The summed E-state index contributed by atoms with van der Waals surface area (Å²) in [5, 5.41) is 0. The van der Waals surface area contributed by atoms with Crippen LogP contribution in [-0.4, -0.2) is 17.8 Å². The summed E-state index contributed by atoms with van der Waals surface area (Å²) in [6, 6.07) is 29.9. The number of ether oxygens (including phenoxy) is 1. The third kappa shape index (κ3) is 3.18. The number of carbonyl (C=O) groups excluding carboxylic acids is 3. The normalized spacial score (nSPS) is 22.9. The van der Waals surface area contributed by atoms with Crippen molar-refractivity contribution in [2.24, 2.45) is 11.8 Å². The highest BCUT2D eigenvalue weighted by atomic mass is 79.9. The number of benzene rings is 4. The molecule has 2 unspecified atom stereocenters. The van der Waals surface area contributed by atoms with E-state index in [9.17, 15) is 14.4 Å². The fraction of sp³-hybridized carbons (Fsp3) is 0.129. The van der Waals surface area contributed by atoms with Gasteiger partial charge >= 0.3 is 5.97 Å². The van der Waals surface area contributed by atoms with Gasteiger partial charge in [0.25, 0.3) is 0 Å². The van der Waals surface area contributed by atoms with Crippen molar-refractivity contribution in [3.05, 3.63) is 129 Å². The molecule has 0 saturated carbocycles. The molecule has 2 amide bonds. The predicted octanol–water partition coefficient (Wildman–Crippen LogP) is 6.06. The van der Waals surface area contributed by atoms with Gasteiger partial charge < -0.3 is 4.74 Å². The largest absolute Gasteiger partial charge is 0.421 e. The minimum atomic E-state index is -0.559. The van der Waals surface area contributed by atoms with E-state index in [0.29, 0.717) is 11.3 Å². The van der Waals surface area contributed by atoms with Crippen LogP contribution in [0.2, 0.25) is 0 Å². The van der Waals surface area contributed by atoms with Gasteiger partial charge in [0, 0.05) is 16.3 Å². The van der Waals surface area contributed by atoms with Gasteiger partial charge in [-0.25, -0.2) is 9.69 Å². The maximum Gasteiger partial charge on any atom is 0.343 e. The monoisotopic (exact) mass is 549 g/mol. The number of amides is 2. The van der Waals surface area contributed by atoms with Crippen LogP contribution >= 0.6 is 15.9 Å². The molecule has 0 radical (unpaired) electrons. The number of rotatable bonds is 3. The standard InChI is InChI=1S/C31H20BrNO4/c32-18-15-13-17(14-16-18)31(36)37-24-12-6-5-11-23(24)33-29(34)27-25-19-7-1-2-8-20(19)26(28(27)30(33)35)22-10-4-3-9-21(22)25/h1-16,25-28H. The lowest BCUT2D eigenvalue weighted by molar-refractivity contribution is -0.122. The van der Waals surface area contributed by atoms with E-state index in [4.69, 9.17) is 4.74 Å². The molecule has 0 N–H and O–H groups in total. The number of hydrogen-bond acceptors (Lipinski definition) is 4. The summed E-state index contributed by atoms with van der Waals surface area (Å²) >= 11 is 3.36. The summed E-state index contributed by atoms with van der Waals surface area (Å²) < 4.78 is 6.57. The molecular formula is C31H20BrNO4. The lowest BCUT2D eigenvalue weighted by Gasteiger charge is -2.45. The number of carbonyl (C=O) groups is 3. The lowest BCUT2D eigenvalue weighted by Crippen LogP contribution is -2.41. The quantitative estimate of drug-likeness (QED) is 0.177. The van der Waals surface area contributed by atoms with Crippen LogP contribution in [0.25, 0.3) is 0 Å². The van der Waals surface area contributed by atoms with Crippen LogP contribution in [0, 0.1) is 11.8 Å². The van der Waals surface area contributed by atoms with Crippen molar-refractivity contribution in [2.75, 3.05) is 4.90 Å². The van der Waals surface area contributed by atoms with E-state index in [1.54, 1.807) is 48.5 Å². The summed E-state index contributed by atoms with van der Waals surface area (Å²) in [4.78, 5) is 42.3. The third-order valence-corrected chi connectivity index (χ3v) is 8.37. The van der Waals surface area contributed by atoms with Gasteiger partial charge in [-0.3, -0.25) is 9.59 Å². The van der Waals surface area contributed by atoms with E-state index in [1.165, 1.54) is 4.90 Å². The Bertz CT molecular complexity index is 1500. The summed E-state index contributed by atoms with van der Waals surface area (Å²) in [6.07, 6.45) is 0. The minimum Gasteiger partial charge on any atom is -0.421 e. The Hall–Kier alpha value is -4.03. The van der Waals surface area contributed by atoms with Gasteiger partial charge in [0.1, 0.15) is 0 Å². The number of para-hydroxylation sites is 2. The van der Waals surface area contributed by atoms with Gasteiger partial charge in [0.05, 0.1) is 23.1 Å². The van der Waals surface area contributed by atoms with Crippen LogP contribution in [0.3, 0.4) is 0 Å². The molecule has 4 aromatic carbocycles. The average Bonchev–Trinajstić information content (AvgIpc) is 3.19. The summed E-state index contributed by atoms with van der Waals surface area (Å²) in [5.74, 6) is -2.27. The molecule has 8 rings (SSSR count). The first kappa shape index (κ1) is 22.2. The Labute approximate surface area is 221 Å². The van der Waals surface area contributed by atoms with E-state index in [0.717, 1.165) is 26.7 Å². The molecule has 180 valence electrons. The topological polar surface area (TPSA) is 63.7 Å². The lowest BCUT2D eigenvalue weighted by atomic mass is 9.55. The molecule has 0 aromatic heterocycles. The van der Waals surface area contributed by atoms with Gasteiger partial charge in [-0.05, 0) is 58.7 Å². The van der Waals surface area contributed by atoms with Crippen LogP contribution in [0.1, 0.15) is 44.4 Å². The molecular weight excluding hydrogens is 530 g/mol. The van der Waals surface area contributed by atoms with Crippen molar-refractivity contribution in [1.29, 1.82) is 0 Å².